The smallest absolute Gasteiger partial charge is 0.282 e. The third-order valence-electron chi connectivity index (χ3n) is 4.71. The molecule has 0 saturated heterocycles. The van der Waals surface area contributed by atoms with E-state index in [-0.39, 0.29) is 11.6 Å². The van der Waals surface area contributed by atoms with Crippen LogP contribution in [0.1, 0.15) is 10.4 Å². The van der Waals surface area contributed by atoms with Gasteiger partial charge in [-0.1, -0.05) is 23.7 Å². The van der Waals surface area contributed by atoms with Crippen LogP contribution in [0.5, 0.6) is 5.75 Å². The highest BCUT2D eigenvalue weighted by molar-refractivity contribution is 7.11. The van der Waals surface area contributed by atoms with Gasteiger partial charge in [-0.2, -0.15) is 0 Å². The van der Waals surface area contributed by atoms with Crippen molar-refractivity contribution >= 4 is 51.7 Å². The van der Waals surface area contributed by atoms with Crippen molar-refractivity contribution in [2.24, 2.45) is 0 Å². The topological polar surface area (TPSA) is 58.6 Å². The zero-order chi connectivity index (χ0) is 20.5. The van der Waals surface area contributed by atoms with E-state index in [4.69, 9.17) is 16.3 Å². The Morgan fingerprint density at radius 1 is 1.00 bits per heavy atom. The molecule has 2 aromatic carbocycles. The lowest BCUT2D eigenvalue weighted by molar-refractivity contribution is -0.120. The number of benzene rings is 2. The summed E-state index contributed by atoms with van der Waals surface area (Å²) in [7, 11) is 1.56. The van der Waals surface area contributed by atoms with Gasteiger partial charge in [-0.3, -0.25) is 9.59 Å². The molecule has 1 aliphatic rings. The molecule has 0 saturated carbocycles. The van der Waals surface area contributed by atoms with Crippen LogP contribution in [0.4, 0.5) is 11.4 Å². The molecule has 0 atom stereocenters. The molecule has 1 aromatic heterocycles. The first-order chi connectivity index (χ1) is 14.0. The van der Waals surface area contributed by atoms with Crippen molar-refractivity contribution in [1.82, 2.24) is 0 Å². The van der Waals surface area contributed by atoms with E-state index in [2.05, 4.69) is 5.32 Å². The first kappa shape index (κ1) is 19.2. The van der Waals surface area contributed by atoms with Crippen molar-refractivity contribution in [2.75, 3.05) is 17.3 Å². The fourth-order valence-corrected chi connectivity index (χ4v) is 4.08. The molecule has 0 spiro atoms. The lowest BCUT2D eigenvalue weighted by Crippen LogP contribution is -2.32. The molecule has 1 N–H and O–H groups in total. The molecular formula is C22H17ClN2O3S. The Kier molecular flexibility index (Phi) is 5.13. The van der Waals surface area contributed by atoms with Crippen molar-refractivity contribution in [2.45, 2.75) is 6.92 Å². The second-order valence-corrected chi connectivity index (χ2v) is 7.76. The van der Waals surface area contributed by atoms with E-state index in [1.165, 1.54) is 16.2 Å². The van der Waals surface area contributed by atoms with Gasteiger partial charge in [0.2, 0.25) is 0 Å². The molecule has 5 nitrogen and oxygen atoms in total. The average molecular weight is 425 g/mol. The van der Waals surface area contributed by atoms with Gasteiger partial charge in [0.15, 0.2) is 0 Å². The summed E-state index contributed by atoms with van der Waals surface area (Å²) in [5.74, 6) is -0.139. The molecule has 29 heavy (non-hydrogen) atoms. The van der Waals surface area contributed by atoms with Crippen molar-refractivity contribution in [1.29, 1.82) is 0 Å². The zero-order valence-electron chi connectivity index (χ0n) is 15.7. The summed E-state index contributed by atoms with van der Waals surface area (Å²) in [5.41, 5.74) is 2.54. The molecule has 0 aliphatic carbocycles. The van der Waals surface area contributed by atoms with Gasteiger partial charge in [0, 0.05) is 15.6 Å². The fourth-order valence-electron chi connectivity index (χ4n) is 3.14. The molecule has 4 rings (SSSR count). The summed E-state index contributed by atoms with van der Waals surface area (Å²) in [6.45, 7) is 1.86. The highest BCUT2D eigenvalue weighted by Crippen LogP contribution is 2.36. The van der Waals surface area contributed by atoms with Crippen LogP contribution in [0.3, 0.4) is 0 Å². The van der Waals surface area contributed by atoms with Crippen LogP contribution < -0.4 is 15.0 Å². The van der Waals surface area contributed by atoms with Crippen LogP contribution in [-0.2, 0) is 9.59 Å². The van der Waals surface area contributed by atoms with E-state index in [1.54, 1.807) is 43.5 Å². The molecular weight excluding hydrogens is 408 g/mol. The average Bonchev–Trinajstić information content (AvgIpc) is 3.32. The Morgan fingerprint density at radius 2 is 1.76 bits per heavy atom. The van der Waals surface area contributed by atoms with E-state index < -0.39 is 5.91 Å². The summed E-state index contributed by atoms with van der Waals surface area (Å²) in [4.78, 5) is 28.5. The van der Waals surface area contributed by atoms with Gasteiger partial charge in [0.25, 0.3) is 11.8 Å². The Labute approximate surface area is 177 Å². The summed E-state index contributed by atoms with van der Waals surface area (Å²) < 4.78 is 5.17. The number of halogens is 1. The van der Waals surface area contributed by atoms with Crippen LogP contribution in [0, 0.1) is 6.92 Å². The third kappa shape index (κ3) is 3.41. The lowest BCUT2D eigenvalue weighted by Gasteiger charge is -2.16. The fraction of sp³-hybridized carbons (Fsp3) is 0.0909. The Morgan fingerprint density at radius 3 is 2.41 bits per heavy atom. The number of carbonyl (C=O) groups is 2. The van der Waals surface area contributed by atoms with Crippen LogP contribution in [0.25, 0.3) is 5.57 Å². The predicted molar refractivity (Wildman–Crippen MR) is 117 cm³/mol. The van der Waals surface area contributed by atoms with Gasteiger partial charge in [-0.15, -0.1) is 11.3 Å². The van der Waals surface area contributed by atoms with Crippen molar-refractivity contribution in [3.05, 3.63) is 81.1 Å². The van der Waals surface area contributed by atoms with Crippen molar-refractivity contribution in [3.8, 4) is 5.75 Å². The number of nitrogens with zero attached hydrogens (tertiary/aromatic N) is 1. The van der Waals surface area contributed by atoms with Crippen LogP contribution in [-0.4, -0.2) is 18.9 Å². The number of methoxy groups -OCH3 is 1. The Balaban J connectivity index is 1.79. The number of hydrogen-bond acceptors (Lipinski definition) is 5. The van der Waals surface area contributed by atoms with Gasteiger partial charge in [-0.25, -0.2) is 4.90 Å². The van der Waals surface area contributed by atoms with E-state index in [0.717, 1.165) is 10.4 Å². The summed E-state index contributed by atoms with van der Waals surface area (Å²) in [6.07, 6.45) is 0. The Hall–Kier alpha value is -3.09. The number of amides is 2. The number of nitrogens with one attached hydrogen (secondary N) is 1. The van der Waals surface area contributed by atoms with E-state index in [0.29, 0.717) is 27.7 Å². The van der Waals surface area contributed by atoms with E-state index in [1.807, 2.05) is 30.5 Å². The second-order valence-electron chi connectivity index (χ2n) is 6.41. The first-order valence-electron chi connectivity index (χ1n) is 8.84. The maximum atomic E-state index is 13.3. The summed E-state index contributed by atoms with van der Waals surface area (Å²) in [6, 6.07) is 15.9. The highest BCUT2D eigenvalue weighted by atomic mass is 35.5. The SMILES string of the molecule is COc1ccc(N2C(=O)C(Nc3cccc(Cl)c3C)=C(c3cccs3)C2=O)cc1. The molecule has 3 aromatic rings. The number of ether oxygens (including phenoxy) is 1. The normalized spacial score (nSPS) is 14.0. The van der Waals surface area contributed by atoms with E-state index >= 15 is 0 Å². The van der Waals surface area contributed by atoms with Crippen molar-refractivity contribution < 1.29 is 14.3 Å². The number of hydrogen-bond donors (Lipinski definition) is 1. The number of imide groups is 1. The number of thiophene rings is 1. The largest absolute Gasteiger partial charge is 0.497 e. The number of anilines is 2. The molecule has 0 unspecified atom stereocenters. The van der Waals surface area contributed by atoms with Crippen LogP contribution >= 0.6 is 22.9 Å². The van der Waals surface area contributed by atoms with E-state index in [9.17, 15) is 9.59 Å². The van der Waals surface area contributed by atoms with Crippen molar-refractivity contribution in [3.63, 3.8) is 0 Å². The number of rotatable bonds is 5. The van der Waals surface area contributed by atoms with Gasteiger partial charge < -0.3 is 10.1 Å². The lowest BCUT2D eigenvalue weighted by atomic mass is 10.1. The summed E-state index contributed by atoms with van der Waals surface area (Å²) in [5, 5.41) is 5.61. The molecule has 146 valence electrons. The maximum absolute atomic E-state index is 13.3. The van der Waals surface area contributed by atoms with Crippen LogP contribution in [0.15, 0.2) is 65.7 Å². The second kappa shape index (κ2) is 7.73. The standard InChI is InChI=1S/C22H17ClN2O3S/c1-13-16(23)5-3-6-17(13)24-20-19(18-7-4-12-29-18)21(26)25(22(20)27)14-8-10-15(28-2)11-9-14/h3-12,24H,1-2H3. The molecule has 0 fully saturated rings. The third-order valence-corrected chi connectivity index (χ3v) is 6.01. The predicted octanol–water partition coefficient (Wildman–Crippen LogP) is 5.12. The Bertz CT molecular complexity index is 1120. The van der Waals surface area contributed by atoms with Crippen LogP contribution in [0.2, 0.25) is 5.02 Å². The molecule has 0 bridgehead atoms. The monoisotopic (exact) mass is 424 g/mol. The minimum Gasteiger partial charge on any atom is -0.497 e. The molecule has 0 radical (unpaired) electrons. The molecule has 2 amide bonds. The minimum atomic E-state index is -0.414. The highest BCUT2D eigenvalue weighted by Gasteiger charge is 2.40. The van der Waals surface area contributed by atoms with Gasteiger partial charge in [-0.05, 0) is 60.3 Å². The quantitative estimate of drug-likeness (QED) is 0.578. The van der Waals surface area contributed by atoms with Gasteiger partial charge in [0.05, 0.1) is 18.4 Å². The molecule has 2 heterocycles. The van der Waals surface area contributed by atoms with Gasteiger partial charge in [0.1, 0.15) is 11.4 Å². The maximum Gasteiger partial charge on any atom is 0.282 e. The molecule has 1 aliphatic heterocycles. The van der Waals surface area contributed by atoms with Gasteiger partial charge >= 0.3 is 0 Å². The minimum absolute atomic E-state index is 0.235. The zero-order valence-corrected chi connectivity index (χ0v) is 17.3. The first-order valence-corrected chi connectivity index (χ1v) is 10.1. The molecule has 7 heteroatoms. The number of carbonyl (C=O) groups excluding carboxylic acids is 2. The summed E-state index contributed by atoms with van der Waals surface area (Å²) >= 11 is 7.63.